The van der Waals surface area contributed by atoms with Crippen molar-refractivity contribution >= 4 is 66.7 Å². The van der Waals surface area contributed by atoms with Crippen molar-refractivity contribution in [2.24, 2.45) is 0 Å². The Morgan fingerprint density at radius 2 is 0.735 bits per heavy atom. The fourth-order valence-electron chi connectivity index (χ4n) is 13.9. The lowest BCUT2D eigenvalue weighted by molar-refractivity contribution is 0.590. The summed E-state index contributed by atoms with van der Waals surface area (Å²) in [7, 11) is 0. The summed E-state index contributed by atoms with van der Waals surface area (Å²) in [5.41, 5.74) is 29.8. The van der Waals surface area contributed by atoms with Crippen LogP contribution in [-0.4, -0.2) is 25.8 Å². The molecule has 394 valence electrons. The third-order valence-corrected chi connectivity index (χ3v) is 17.9. The van der Waals surface area contributed by atoms with Crippen molar-refractivity contribution in [1.29, 1.82) is 0 Å². The SMILES string of the molecule is CC(C)(C)c1ccc(-c2cc3c4c(c2)c2c(-c5ccccc5)cc(-c5ccccc5)cc2n4-c2cc(-c4ccncn4)cc4c2B3c2cc(-c3ccc(C(C)(C)C)cc3)cc3c5c(-c6ccccc6)cc(-c6ccccc6)cc5n-4c23)cc1. The van der Waals surface area contributed by atoms with E-state index in [0.29, 0.717) is 0 Å². The fourth-order valence-corrected chi connectivity index (χ4v) is 13.9. The topological polar surface area (TPSA) is 35.6 Å². The van der Waals surface area contributed by atoms with Crippen molar-refractivity contribution in [3.05, 3.63) is 260 Å². The van der Waals surface area contributed by atoms with Crippen LogP contribution in [0, 0.1) is 0 Å². The van der Waals surface area contributed by atoms with Crippen molar-refractivity contribution in [3.63, 3.8) is 0 Å². The second kappa shape index (κ2) is 18.3. The van der Waals surface area contributed by atoms with Crippen molar-refractivity contribution in [3.8, 4) is 89.4 Å². The largest absolute Gasteiger partial charge is 0.310 e. The van der Waals surface area contributed by atoms with Crippen LogP contribution in [0.5, 0.6) is 0 Å². The number of fused-ring (bicyclic) bond motifs is 10. The summed E-state index contributed by atoms with van der Waals surface area (Å²) in [5, 5.41) is 4.95. The molecule has 0 saturated heterocycles. The van der Waals surface area contributed by atoms with Crippen LogP contribution in [0.15, 0.2) is 249 Å². The van der Waals surface area contributed by atoms with E-state index in [1.807, 2.05) is 6.20 Å². The summed E-state index contributed by atoms with van der Waals surface area (Å²) in [5.74, 6) is 0. The van der Waals surface area contributed by atoms with Crippen LogP contribution in [0.2, 0.25) is 0 Å². The van der Waals surface area contributed by atoms with Gasteiger partial charge < -0.3 is 9.13 Å². The number of hydrogen-bond acceptors (Lipinski definition) is 2. The van der Waals surface area contributed by atoms with Gasteiger partial charge >= 0.3 is 0 Å². The highest BCUT2D eigenvalue weighted by Crippen LogP contribution is 2.48. The molecule has 3 aromatic heterocycles. The summed E-state index contributed by atoms with van der Waals surface area (Å²) >= 11 is 0. The first kappa shape index (κ1) is 49.0. The maximum atomic E-state index is 5.02. The molecule has 0 amide bonds. The van der Waals surface area contributed by atoms with Gasteiger partial charge in [-0.3, -0.25) is 0 Å². The average molecular weight is 1060 g/mol. The van der Waals surface area contributed by atoms with E-state index in [1.165, 1.54) is 138 Å². The first-order chi connectivity index (χ1) is 40.4. The number of aromatic nitrogens is 4. The summed E-state index contributed by atoms with van der Waals surface area (Å²) in [6.07, 6.45) is 3.55. The molecule has 14 aromatic rings. The van der Waals surface area contributed by atoms with Crippen LogP contribution in [0.3, 0.4) is 0 Å². The Kier molecular flexibility index (Phi) is 10.8. The van der Waals surface area contributed by atoms with Gasteiger partial charge in [-0.25, -0.2) is 9.97 Å². The fraction of sp³-hybridized carbons (Fsp3) is 0.103. The van der Waals surface area contributed by atoms with Gasteiger partial charge in [0.05, 0.1) is 16.7 Å². The molecule has 0 aliphatic carbocycles. The summed E-state index contributed by atoms with van der Waals surface area (Å²) < 4.78 is 5.28. The van der Waals surface area contributed by atoms with Crippen molar-refractivity contribution in [2.75, 3.05) is 0 Å². The predicted octanol–water partition coefficient (Wildman–Crippen LogP) is 18.1. The Balaban J connectivity index is 1.12. The highest BCUT2D eigenvalue weighted by molar-refractivity contribution is 7.00. The molecule has 5 heterocycles. The first-order valence-electron chi connectivity index (χ1n) is 29.1. The standard InChI is InChI=1S/C78H59BN4/c1-77(2,3)59-31-27-50(28-32-59)54-39-63-72-61(52-23-15-9-16-24-52)37-56(48-19-11-7-12-20-48)43-68(72)82-70-45-58(67-35-36-80-47-81-67)46-71-74(70)79(65(41-54)75(63)82)66-42-55(51-29-33-60(34-30-51)78(4,5)6)40-64-73-62(53-25-17-10-18-26-53)38-57(49-21-13-8-14-22-49)44-69(73)83(71)76(64)66/h7-47H,1-6H3. The Hall–Kier alpha value is -9.84. The molecule has 0 fully saturated rings. The van der Waals surface area contributed by atoms with Crippen molar-refractivity contribution < 1.29 is 0 Å². The van der Waals surface area contributed by atoms with E-state index >= 15 is 0 Å². The van der Waals surface area contributed by atoms with Crippen molar-refractivity contribution in [1.82, 2.24) is 19.1 Å². The zero-order valence-corrected chi connectivity index (χ0v) is 47.5. The number of benzene rings is 11. The van der Waals surface area contributed by atoms with E-state index in [-0.39, 0.29) is 17.5 Å². The van der Waals surface area contributed by atoms with E-state index in [1.54, 1.807) is 6.33 Å². The molecule has 11 aromatic carbocycles. The van der Waals surface area contributed by atoms with E-state index in [9.17, 15) is 0 Å². The van der Waals surface area contributed by atoms with Gasteiger partial charge in [-0.15, -0.1) is 0 Å². The Labute approximate surface area is 485 Å². The minimum absolute atomic E-state index is 0.0138. The van der Waals surface area contributed by atoms with Crippen LogP contribution < -0.4 is 16.4 Å². The van der Waals surface area contributed by atoms with Crippen LogP contribution in [0.25, 0.3) is 133 Å². The van der Waals surface area contributed by atoms with E-state index in [4.69, 9.17) is 4.98 Å². The molecule has 0 radical (unpaired) electrons. The Morgan fingerprint density at radius 3 is 1.12 bits per heavy atom. The van der Waals surface area contributed by atoms with Gasteiger partial charge in [-0.05, 0) is 160 Å². The molecule has 0 saturated carbocycles. The maximum Gasteiger partial charge on any atom is 0.252 e. The Bertz CT molecular complexity index is 4620. The molecule has 0 atom stereocenters. The second-order valence-corrected chi connectivity index (χ2v) is 25.0. The lowest BCUT2D eigenvalue weighted by Crippen LogP contribution is -2.59. The van der Waals surface area contributed by atoms with E-state index in [0.717, 1.165) is 22.6 Å². The molecular formula is C78H59BN4. The quantitative estimate of drug-likeness (QED) is 0.149. The van der Waals surface area contributed by atoms with Gasteiger partial charge in [-0.1, -0.05) is 224 Å². The molecule has 0 unspecified atom stereocenters. The highest BCUT2D eigenvalue weighted by Gasteiger charge is 2.43. The lowest BCUT2D eigenvalue weighted by Gasteiger charge is -2.34. The number of nitrogens with zero attached hydrogens (tertiary/aromatic N) is 4. The second-order valence-electron chi connectivity index (χ2n) is 25.0. The highest BCUT2D eigenvalue weighted by atomic mass is 15.0. The van der Waals surface area contributed by atoms with Crippen molar-refractivity contribution in [2.45, 2.75) is 52.4 Å². The monoisotopic (exact) mass is 1060 g/mol. The predicted molar refractivity (Wildman–Crippen MR) is 351 cm³/mol. The molecule has 2 aliphatic rings. The molecule has 4 nitrogen and oxygen atoms in total. The summed E-state index contributed by atoms with van der Waals surface area (Å²) in [4.78, 5) is 9.46. The van der Waals surface area contributed by atoms with Crippen LogP contribution in [0.4, 0.5) is 0 Å². The van der Waals surface area contributed by atoms with E-state index in [2.05, 4.69) is 292 Å². The van der Waals surface area contributed by atoms with Gasteiger partial charge in [0.1, 0.15) is 6.33 Å². The van der Waals surface area contributed by atoms with Gasteiger partial charge in [0, 0.05) is 55.7 Å². The average Bonchev–Trinajstić information content (AvgIpc) is 1.76. The number of rotatable bonds is 7. The zero-order chi connectivity index (χ0) is 55.9. The molecular weight excluding hydrogens is 1000 g/mol. The molecule has 0 bridgehead atoms. The molecule has 16 rings (SSSR count). The lowest BCUT2D eigenvalue weighted by atomic mass is 9.34. The van der Waals surface area contributed by atoms with Gasteiger partial charge in [0.25, 0.3) is 6.71 Å². The van der Waals surface area contributed by atoms with Gasteiger partial charge in [0.15, 0.2) is 0 Å². The zero-order valence-electron chi connectivity index (χ0n) is 47.5. The molecule has 2 aliphatic heterocycles. The normalized spacial score (nSPS) is 12.7. The number of hydrogen-bond donors (Lipinski definition) is 0. The maximum absolute atomic E-state index is 5.02. The summed E-state index contributed by atoms with van der Waals surface area (Å²) in [6, 6.07) is 89.4. The minimum Gasteiger partial charge on any atom is -0.310 e. The first-order valence-corrected chi connectivity index (χ1v) is 29.1. The van der Waals surface area contributed by atoms with Gasteiger partial charge in [0.2, 0.25) is 0 Å². The molecule has 83 heavy (non-hydrogen) atoms. The Morgan fingerprint density at radius 1 is 0.349 bits per heavy atom. The van der Waals surface area contributed by atoms with Gasteiger partial charge in [-0.2, -0.15) is 0 Å². The molecule has 0 N–H and O–H groups in total. The van der Waals surface area contributed by atoms with E-state index < -0.39 is 0 Å². The van der Waals surface area contributed by atoms with Crippen LogP contribution in [-0.2, 0) is 10.8 Å². The third-order valence-electron chi connectivity index (χ3n) is 17.9. The van der Waals surface area contributed by atoms with Crippen LogP contribution in [0.1, 0.15) is 52.7 Å². The minimum atomic E-state index is -0.164. The smallest absolute Gasteiger partial charge is 0.252 e. The summed E-state index contributed by atoms with van der Waals surface area (Å²) in [6.45, 7) is 13.6. The van der Waals surface area contributed by atoms with Crippen LogP contribution >= 0.6 is 0 Å². The molecule has 0 spiro atoms. The third kappa shape index (κ3) is 7.75. The molecule has 5 heteroatoms.